The second kappa shape index (κ2) is 12.0. The minimum absolute atomic E-state index is 0. The van der Waals surface area contributed by atoms with E-state index in [1.165, 1.54) is 0 Å². The van der Waals surface area contributed by atoms with E-state index in [1.807, 2.05) is 31.3 Å². The van der Waals surface area contributed by atoms with Crippen LogP contribution in [0.5, 0.6) is 5.75 Å². The van der Waals surface area contributed by atoms with Crippen molar-refractivity contribution in [3.05, 3.63) is 27.8 Å². The lowest BCUT2D eigenvalue weighted by atomic mass is 10.3. The van der Waals surface area contributed by atoms with Crippen LogP contribution in [0.4, 0.5) is 0 Å². The van der Waals surface area contributed by atoms with Crippen LogP contribution in [0.25, 0.3) is 0 Å². The maximum absolute atomic E-state index is 11.4. The summed E-state index contributed by atoms with van der Waals surface area (Å²) < 4.78 is 6.57. The molecule has 1 aromatic carbocycles. The summed E-state index contributed by atoms with van der Waals surface area (Å²) in [6.45, 7) is 1.19. The smallest absolute Gasteiger partial charge is 0.220 e. The third kappa shape index (κ3) is 9.89. The van der Waals surface area contributed by atoms with Gasteiger partial charge in [0, 0.05) is 16.5 Å². The summed E-state index contributed by atoms with van der Waals surface area (Å²) in [4.78, 5) is 11.4. The number of hydrogen-bond acceptors (Lipinski definition) is 4. The number of benzene rings is 1. The number of ether oxygens (including phenoxy) is 1. The van der Waals surface area contributed by atoms with Crippen LogP contribution in [-0.2, 0) is 4.79 Å². The second-order valence-corrected chi connectivity index (χ2v) is 5.68. The van der Waals surface area contributed by atoms with Crippen LogP contribution in [0, 0.1) is 3.57 Å². The Labute approximate surface area is 145 Å². The van der Waals surface area contributed by atoms with Gasteiger partial charge in [-0.3, -0.25) is 4.79 Å². The van der Waals surface area contributed by atoms with Gasteiger partial charge in [0.15, 0.2) is 0 Å². The summed E-state index contributed by atoms with van der Waals surface area (Å²) in [7, 11) is 1.85. The van der Waals surface area contributed by atoms with Crippen molar-refractivity contribution in [2.45, 2.75) is 18.9 Å². The standard InChI is InChI=1S/C14H21IN2O3.ClH/c1-16-8-2-3-14(19)17-9-12(18)10-20-13-6-4-11(15)5-7-13;/h4-7,12,16,18H,2-3,8-10H2,1H3,(H,17,19);1H. The van der Waals surface area contributed by atoms with Gasteiger partial charge in [-0.2, -0.15) is 0 Å². The summed E-state index contributed by atoms with van der Waals surface area (Å²) in [6.07, 6.45) is 0.547. The molecular formula is C14H22ClIN2O3. The average Bonchev–Trinajstić information content (AvgIpc) is 2.45. The third-order valence-electron chi connectivity index (χ3n) is 2.62. The van der Waals surface area contributed by atoms with Gasteiger partial charge in [-0.15, -0.1) is 12.4 Å². The van der Waals surface area contributed by atoms with E-state index in [9.17, 15) is 9.90 Å². The zero-order chi connectivity index (χ0) is 14.8. The maximum atomic E-state index is 11.4. The monoisotopic (exact) mass is 428 g/mol. The molecule has 1 atom stereocenters. The molecule has 1 rings (SSSR count). The van der Waals surface area contributed by atoms with Crippen LogP contribution in [-0.4, -0.2) is 43.9 Å². The Morgan fingerprint density at radius 3 is 2.67 bits per heavy atom. The highest BCUT2D eigenvalue weighted by molar-refractivity contribution is 14.1. The molecule has 21 heavy (non-hydrogen) atoms. The number of hydrogen-bond donors (Lipinski definition) is 3. The molecule has 0 aromatic heterocycles. The SMILES string of the molecule is CNCCCC(=O)NCC(O)COc1ccc(I)cc1.Cl. The molecule has 0 fully saturated rings. The molecule has 7 heteroatoms. The highest BCUT2D eigenvalue weighted by Crippen LogP contribution is 2.13. The molecule has 1 unspecified atom stereocenters. The summed E-state index contributed by atoms with van der Waals surface area (Å²) in [5, 5.41) is 15.4. The first-order valence-corrected chi connectivity index (χ1v) is 7.67. The van der Waals surface area contributed by atoms with E-state index in [2.05, 4.69) is 33.2 Å². The van der Waals surface area contributed by atoms with Gasteiger partial charge in [-0.25, -0.2) is 0 Å². The van der Waals surface area contributed by atoms with Crippen molar-refractivity contribution in [3.8, 4) is 5.75 Å². The molecule has 0 aliphatic carbocycles. The first-order chi connectivity index (χ1) is 9.61. The minimum Gasteiger partial charge on any atom is -0.491 e. The summed E-state index contributed by atoms with van der Waals surface area (Å²) in [5.74, 6) is 0.665. The largest absolute Gasteiger partial charge is 0.491 e. The second-order valence-electron chi connectivity index (χ2n) is 4.43. The average molecular weight is 429 g/mol. The van der Waals surface area contributed by atoms with Gasteiger partial charge in [0.1, 0.15) is 18.5 Å². The number of aliphatic hydroxyl groups is 1. The van der Waals surface area contributed by atoms with Crippen molar-refractivity contribution in [2.24, 2.45) is 0 Å². The fourth-order valence-corrected chi connectivity index (χ4v) is 1.89. The van der Waals surface area contributed by atoms with Gasteiger partial charge in [0.25, 0.3) is 0 Å². The van der Waals surface area contributed by atoms with E-state index in [0.29, 0.717) is 12.2 Å². The summed E-state index contributed by atoms with van der Waals surface area (Å²) >= 11 is 2.22. The van der Waals surface area contributed by atoms with Crippen LogP contribution in [0.15, 0.2) is 24.3 Å². The van der Waals surface area contributed by atoms with Crippen molar-refractivity contribution in [2.75, 3.05) is 26.7 Å². The van der Waals surface area contributed by atoms with Gasteiger partial charge < -0.3 is 20.5 Å². The molecule has 0 aliphatic rings. The van der Waals surface area contributed by atoms with Crippen LogP contribution >= 0.6 is 35.0 Å². The molecule has 0 aliphatic heterocycles. The van der Waals surface area contributed by atoms with Crippen LogP contribution in [0.3, 0.4) is 0 Å². The quantitative estimate of drug-likeness (QED) is 0.412. The van der Waals surface area contributed by atoms with Crippen LogP contribution in [0.2, 0.25) is 0 Å². The van der Waals surface area contributed by atoms with E-state index in [1.54, 1.807) is 0 Å². The molecule has 1 amide bonds. The lowest BCUT2D eigenvalue weighted by Crippen LogP contribution is -2.35. The molecule has 5 nitrogen and oxygen atoms in total. The molecule has 0 saturated carbocycles. The van der Waals surface area contributed by atoms with Gasteiger partial charge in [-0.1, -0.05) is 0 Å². The fraction of sp³-hybridized carbons (Fsp3) is 0.500. The lowest BCUT2D eigenvalue weighted by molar-refractivity contribution is -0.121. The fourth-order valence-electron chi connectivity index (χ4n) is 1.53. The van der Waals surface area contributed by atoms with Gasteiger partial charge >= 0.3 is 0 Å². The van der Waals surface area contributed by atoms with Crippen molar-refractivity contribution in [1.82, 2.24) is 10.6 Å². The summed E-state index contributed by atoms with van der Waals surface area (Å²) in [5.41, 5.74) is 0. The number of amides is 1. The zero-order valence-electron chi connectivity index (χ0n) is 12.0. The van der Waals surface area contributed by atoms with E-state index in [0.717, 1.165) is 16.5 Å². The van der Waals surface area contributed by atoms with Crippen LogP contribution < -0.4 is 15.4 Å². The lowest BCUT2D eigenvalue weighted by Gasteiger charge is -2.13. The zero-order valence-corrected chi connectivity index (χ0v) is 14.9. The first kappa shape index (κ1) is 20.4. The molecule has 0 saturated heterocycles. The normalized spacial score (nSPS) is 11.4. The Bertz CT molecular complexity index is 404. The first-order valence-electron chi connectivity index (χ1n) is 6.59. The Morgan fingerprint density at radius 1 is 1.38 bits per heavy atom. The molecular weight excluding hydrogens is 407 g/mol. The van der Waals surface area contributed by atoms with E-state index >= 15 is 0 Å². The Hall–Kier alpha value is -0.570. The number of nitrogens with one attached hydrogen (secondary N) is 2. The Balaban J connectivity index is 0.00000400. The molecule has 0 heterocycles. The molecule has 0 bridgehead atoms. The van der Waals surface area contributed by atoms with E-state index < -0.39 is 6.10 Å². The van der Waals surface area contributed by atoms with Gasteiger partial charge in [0.2, 0.25) is 5.91 Å². The highest BCUT2D eigenvalue weighted by atomic mass is 127. The van der Waals surface area contributed by atoms with E-state index in [-0.39, 0.29) is 31.5 Å². The van der Waals surface area contributed by atoms with Gasteiger partial charge in [0.05, 0.1) is 0 Å². The number of halogens is 2. The Kier molecular flexibility index (Phi) is 11.7. The topological polar surface area (TPSA) is 70.6 Å². The molecule has 0 spiro atoms. The number of carbonyl (C=O) groups excluding carboxylic acids is 1. The van der Waals surface area contributed by atoms with E-state index in [4.69, 9.17) is 4.74 Å². The maximum Gasteiger partial charge on any atom is 0.220 e. The van der Waals surface area contributed by atoms with Gasteiger partial charge in [-0.05, 0) is 66.9 Å². The van der Waals surface area contributed by atoms with Crippen molar-refractivity contribution in [1.29, 1.82) is 0 Å². The molecule has 1 aromatic rings. The number of aliphatic hydroxyl groups excluding tert-OH is 1. The summed E-state index contributed by atoms with van der Waals surface area (Å²) in [6, 6.07) is 7.58. The Morgan fingerprint density at radius 2 is 2.05 bits per heavy atom. The van der Waals surface area contributed by atoms with Crippen molar-refractivity contribution in [3.63, 3.8) is 0 Å². The number of rotatable bonds is 9. The molecule has 0 radical (unpaired) electrons. The van der Waals surface area contributed by atoms with Crippen molar-refractivity contribution < 1.29 is 14.6 Å². The minimum atomic E-state index is -0.706. The molecule has 3 N–H and O–H groups in total. The molecule has 120 valence electrons. The number of carbonyl (C=O) groups is 1. The highest BCUT2D eigenvalue weighted by Gasteiger charge is 2.08. The predicted octanol–water partition coefficient (Wildman–Crippen LogP) is 1.57. The van der Waals surface area contributed by atoms with Crippen molar-refractivity contribution >= 4 is 40.9 Å². The predicted molar refractivity (Wildman–Crippen MR) is 94.1 cm³/mol. The third-order valence-corrected chi connectivity index (χ3v) is 3.34. The van der Waals surface area contributed by atoms with Crippen LogP contribution in [0.1, 0.15) is 12.8 Å².